The van der Waals surface area contributed by atoms with Gasteiger partial charge < -0.3 is 9.64 Å². The Balaban J connectivity index is 1.17. The SMILES string of the molecule is Cn1ncc2cc(C3CCC(OC[C@H]4CN(c5cccnn5)CC[C@@H]4CNS(N)(=O)=O)CC3)ccc21. The first-order chi connectivity index (χ1) is 17.4. The Hall–Kier alpha value is -2.60. The Kier molecular flexibility index (Phi) is 7.52. The largest absolute Gasteiger partial charge is 0.378 e. The van der Waals surface area contributed by atoms with Crippen molar-refractivity contribution < 1.29 is 13.2 Å². The molecule has 0 amide bonds. The number of anilines is 1. The average molecular weight is 514 g/mol. The zero-order valence-electron chi connectivity index (χ0n) is 20.7. The van der Waals surface area contributed by atoms with Crippen LogP contribution < -0.4 is 14.8 Å². The van der Waals surface area contributed by atoms with Crippen LogP contribution in [-0.4, -0.2) is 60.7 Å². The number of hydrogen-bond donors (Lipinski definition) is 2. The topological polar surface area (TPSA) is 128 Å². The lowest BCUT2D eigenvalue weighted by molar-refractivity contribution is -0.00828. The van der Waals surface area contributed by atoms with Gasteiger partial charge in [-0.2, -0.15) is 18.6 Å². The summed E-state index contributed by atoms with van der Waals surface area (Å²) >= 11 is 0. The van der Waals surface area contributed by atoms with E-state index < -0.39 is 10.2 Å². The summed E-state index contributed by atoms with van der Waals surface area (Å²) in [5, 5.41) is 19.0. The number of hydrogen-bond acceptors (Lipinski definition) is 7. The molecular formula is C25H35N7O3S. The van der Waals surface area contributed by atoms with Gasteiger partial charge in [0.25, 0.3) is 10.2 Å². The van der Waals surface area contributed by atoms with Crippen molar-refractivity contribution in [3.8, 4) is 0 Å². The molecule has 3 heterocycles. The van der Waals surface area contributed by atoms with E-state index in [0.717, 1.165) is 56.5 Å². The molecule has 2 atom stereocenters. The van der Waals surface area contributed by atoms with Crippen molar-refractivity contribution in [3.05, 3.63) is 48.3 Å². The fourth-order valence-corrected chi connectivity index (χ4v) is 6.14. The zero-order valence-corrected chi connectivity index (χ0v) is 21.5. The fourth-order valence-electron chi connectivity index (χ4n) is 5.69. The molecular weight excluding hydrogens is 478 g/mol. The highest BCUT2D eigenvalue weighted by Crippen LogP contribution is 2.36. The highest BCUT2D eigenvalue weighted by atomic mass is 32.2. The van der Waals surface area contributed by atoms with Crippen molar-refractivity contribution in [2.75, 3.05) is 31.1 Å². The third-order valence-corrected chi connectivity index (χ3v) is 8.35. The molecule has 2 aromatic heterocycles. The van der Waals surface area contributed by atoms with Gasteiger partial charge in [-0.15, -0.1) is 5.10 Å². The van der Waals surface area contributed by atoms with Crippen LogP contribution in [0.5, 0.6) is 0 Å². The Bertz CT molecular complexity index is 1260. The molecule has 1 saturated heterocycles. The predicted molar refractivity (Wildman–Crippen MR) is 139 cm³/mol. The minimum atomic E-state index is -3.73. The van der Waals surface area contributed by atoms with Crippen LogP contribution in [0.2, 0.25) is 0 Å². The zero-order chi connectivity index (χ0) is 25.1. The van der Waals surface area contributed by atoms with Gasteiger partial charge in [0.05, 0.1) is 24.4 Å². The Morgan fingerprint density at radius 2 is 1.97 bits per heavy atom. The van der Waals surface area contributed by atoms with Gasteiger partial charge in [0, 0.05) is 44.2 Å². The van der Waals surface area contributed by atoms with Crippen molar-refractivity contribution in [1.29, 1.82) is 0 Å². The molecule has 1 aromatic carbocycles. The van der Waals surface area contributed by atoms with E-state index in [1.165, 1.54) is 10.9 Å². The third-order valence-electron chi connectivity index (χ3n) is 7.78. The summed E-state index contributed by atoms with van der Waals surface area (Å²) in [5.41, 5.74) is 2.54. The van der Waals surface area contributed by atoms with Crippen LogP contribution in [0.3, 0.4) is 0 Å². The molecule has 10 nitrogen and oxygen atoms in total. The standard InChI is InChI=1S/C25H35N7O3S/c1-31-24-9-6-19(13-21(24)14-28-31)18-4-7-23(8-5-18)35-17-22-16-32(25-3-2-11-27-30-25)12-10-20(22)15-29-36(26,33)34/h2-3,6,9,11,13-14,18,20,22-23,29H,4-5,7-8,10,12,15-17H2,1H3,(H2,26,33,34)/t18?,20-,22-,23?/m1/s1. The van der Waals surface area contributed by atoms with Crippen LogP contribution in [0.25, 0.3) is 10.9 Å². The maximum absolute atomic E-state index is 11.5. The van der Waals surface area contributed by atoms with Crippen LogP contribution >= 0.6 is 0 Å². The maximum Gasteiger partial charge on any atom is 0.274 e. The van der Waals surface area contributed by atoms with E-state index >= 15 is 0 Å². The van der Waals surface area contributed by atoms with Crippen molar-refractivity contribution >= 4 is 26.9 Å². The molecule has 11 heteroatoms. The van der Waals surface area contributed by atoms with Gasteiger partial charge in [-0.05, 0) is 73.8 Å². The van der Waals surface area contributed by atoms with E-state index in [-0.39, 0.29) is 17.9 Å². The first-order valence-corrected chi connectivity index (χ1v) is 14.2. The molecule has 2 fully saturated rings. The minimum absolute atomic E-state index is 0.152. The Labute approximate surface area is 212 Å². The molecule has 1 aliphatic carbocycles. The number of fused-ring (bicyclic) bond motifs is 1. The molecule has 1 saturated carbocycles. The average Bonchev–Trinajstić information content (AvgIpc) is 3.26. The van der Waals surface area contributed by atoms with E-state index in [9.17, 15) is 8.42 Å². The van der Waals surface area contributed by atoms with Crippen LogP contribution in [-0.2, 0) is 22.0 Å². The highest BCUT2D eigenvalue weighted by molar-refractivity contribution is 7.87. The van der Waals surface area contributed by atoms with Gasteiger partial charge in [-0.25, -0.2) is 9.86 Å². The van der Waals surface area contributed by atoms with Gasteiger partial charge in [0.1, 0.15) is 0 Å². The van der Waals surface area contributed by atoms with Gasteiger partial charge in [-0.1, -0.05) is 6.07 Å². The summed E-state index contributed by atoms with van der Waals surface area (Å²) in [4.78, 5) is 2.21. The van der Waals surface area contributed by atoms with Crippen LogP contribution in [0.1, 0.15) is 43.6 Å². The van der Waals surface area contributed by atoms with Gasteiger partial charge in [0.2, 0.25) is 0 Å². The lowest BCUT2D eigenvalue weighted by Crippen LogP contribution is -2.47. The fraction of sp³-hybridized carbons (Fsp3) is 0.560. The van der Waals surface area contributed by atoms with Crippen LogP contribution in [0, 0.1) is 11.8 Å². The number of aromatic nitrogens is 4. The number of nitrogens with zero attached hydrogens (tertiary/aromatic N) is 5. The molecule has 194 valence electrons. The number of benzene rings is 1. The molecule has 0 spiro atoms. The Morgan fingerprint density at radius 3 is 2.72 bits per heavy atom. The van der Waals surface area contributed by atoms with E-state index in [2.05, 4.69) is 43.1 Å². The first-order valence-electron chi connectivity index (χ1n) is 12.7. The van der Waals surface area contributed by atoms with Gasteiger partial charge in [0.15, 0.2) is 5.82 Å². The number of ether oxygens (including phenoxy) is 1. The Morgan fingerprint density at radius 1 is 1.14 bits per heavy atom. The lowest BCUT2D eigenvalue weighted by Gasteiger charge is -2.40. The molecule has 2 aliphatic rings. The summed E-state index contributed by atoms with van der Waals surface area (Å²) in [6.45, 7) is 2.45. The highest BCUT2D eigenvalue weighted by Gasteiger charge is 2.32. The summed E-state index contributed by atoms with van der Waals surface area (Å²) < 4.78 is 33.8. The minimum Gasteiger partial charge on any atom is -0.378 e. The van der Waals surface area contributed by atoms with Crippen molar-refractivity contribution in [2.45, 2.75) is 44.1 Å². The number of piperidine rings is 1. The second-order valence-electron chi connectivity index (χ2n) is 10.1. The van der Waals surface area contributed by atoms with Crippen molar-refractivity contribution in [1.82, 2.24) is 24.7 Å². The lowest BCUT2D eigenvalue weighted by atomic mass is 9.82. The molecule has 36 heavy (non-hydrogen) atoms. The van der Waals surface area contributed by atoms with Crippen LogP contribution in [0.4, 0.5) is 5.82 Å². The summed E-state index contributed by atoms with van der Waals surface area (Å²) in [6.07, 6.45) is 8.90. The number of nitrogens with two attached hydrogens (primary N) is 1. The van der Waals surface area contributed by atoms with Crippen molar-refractivity contribution in [2.24, 2.45) is 24.0 Å². The first kappa shape index (κ1) is 25.1. The second-order valence-corrected chi connectivity index (χ2v) is 11.5. The van der Waals surface area contributed by atoms with E-state index in [1.807, 2.05) is 30.1 Å². The smallest absolute Gasteiger partial charge is 0.274 e. The molecule has 3 aromatic rings. The number of rotatable bonds is 8. The number of aryl methyl sites for hydroxylation is 1. The van der Waals surface area contributed by atoms with Gasteiger partial charge in [-0.3, -0.25) is 4.68 Å². The molecule has 1 aliphatic heterocycles. The molecule has 3 N–H and O–H groups in total. The maximum atomic E-state index is 11.5. The molecule has 0 bridgehead atoms. The normalized spacial score (nSPS) is 25.3. The van der Waals surface area contributed by atoms with E-state index in [4.69, 9.17) is 9.88 Å². The summed E-state index contributed by atoms with van der Waals surface area (Å²) in [5.74, 6) is 1.70. The second kappa shape index (κ2) is 10.8. The summed E-state index contributed by atoms with van der Waals surface area (Å²) in [6, 6.07) is 10.5. The molecule has 0 unspecified atom stereocenters. The third kappa shape index (κ3) is 6.03. The van der Waals surface area contributed by atoms with E-state index in [1.54, 1.807) is 6.20 Å². The summed E-state index contributed by atoms with van der Waals surface area (Å²) in [7, 11) is -1.75. The molecule has 5 rings (SSSR count). The molecule has 0 radical (unpaired) electrons. The number of nitrogens with one attached hydrogen (secondary N) is 1. The van der Waals surface area contributed by atoms with Crippen molar-refractivity contribution in [3.63, 3.8) is 0 Å². The van der Waals surface area contributed by atoms with Gasteiger partial charge >= 0.3 is 0 Å². The predicted octanol–water partition coefficient (Wildman–Crippen LogP) is 2.34. The monoisotopic (exact) mass is 513 g/mol. The van der Waals surface area contributed by atoms with E-state index in [0.29, 0.717) is 19.1 Å². The van der Waals surface area contributed by atoms with Crippen LogP contribution in [0.15, 0.2) is 42.7 Å². The quantitative estimate of drug-likeness (QED) is 0.473.